The Morgan fingerprint density at radius 3 is 2.88 bits per heavy atom. The Bertz CT molecular complexity index is 362. The van der Waals surface area contributed by atoms with E-state index in [1.54, 1.807) is 12.1 Å². The maximum atomic E-state index is 13.0. The molecule has 0 radical (unpaired) electrons. The van der Waals surface area contributed by atoms with Gasteiger partial charge in [-0.05, 0) is 55.4 Å². The van der Waals surface area contributed by atoms with Gasteiger partial charge in [-0.2, -0.15) is 0 Å². The molecule has 0 amide bonds. The van der Waals surface area contributed by atoms with Crippen molar-refractivity contribution in [3.05, 3.63) is 35.1 Å². The minimum atomic E-state index is -0.137. The number of halogens is 1. The van der Waals surface area contributed by atoms with Crippen molar-refractivity contribution in [2.24, 2.45) is 11.7 Å². The second-order valence-corrected chi connectivity index (χ2v) is 5.07. The predicted molar refractivity (Wildman–Crippen MR) is 64.8 cm³/mol. The average molecular weight is 221 g/mol. The molecule has 0 aromatic heterocycles. The Labute approximate surface area is 96.9 Å². The number of benzene rings is 1. The normalized spacial score (nSPS) is 25.7. The van der Waals surface area contributed by atoms with Gasteiger partial charge >= 0.3 is 0 Å². The molecule has 2 heteroatoms. The van der Waals surface area contributed by atoms with Crippen LogP contribution in [0.4, 0.5) is 4.39 Å². The molecule has 2 rings (SSSR count). The number of hydrogen-bond acceptors (Lipinski definition) is 1. The third-order valence-electron chi connectivity index (χ3n) is 3.64. The molecule has 1 fully saturated rings. The van der Waals surface area contributed by atoms with E-state index < -0.39 is 0 Å². The zero-order valence-corrected chi connectivity index (χ0v) is 9.88. The molecule has 2 atom stereocenters. The van der Waals surface area contributed by atoms with Crippen LogP contribution in [0.15, 0.2) is 18.2 Å². The quantitative estimate of drug-likeness (QED) is 0.815. The van der Waals surface area contributed by atoms with E-state index >= 15 is 0 Å². The molecule has 0 saturated heterocycles. The summed E-state index contributed by atoms with van der Waals surface area (Å²) in [6.07, 6.45) is 5.85. The number of rotatable bonds is 2. The summed E-state index contributed by atoms with van der Waals surface area (Å²) in [5, 5.41) is 0. The van der Waals surface area contributed by atoms with E-state index in [1.165, 1.54) is 24.8 Å². The minimum absolute atomic E-state index is 0.137. The maximum absolute atomic E-state index is 13.0. The van der Waals surface area contributed by atoms with Crippen LogP contribution in [0, 0.1) is 18.7 Å². The van der Waals surface area contributed by atoms with Gasteiger partial charge in [-0.1, -0.05) is 18.9 Å². The van der Waals surface area contributed by atoms with E-state index in [1.807, 2.05) is 13.0 Å². The topological polar surface area (TPSA) is 26.0 Å². The van der Waals surface area contributed by atoms with Crippen LogP contribution in [0.25, 0.3) is 0 Å². The fraction of sp³-hybridized carbons (Fsp3) is 0.571. The molecule has 88 valence electrons. The van der Waals surface area contributed by atoms with Crippen LogP contribution in [0.2, 0.25) is 0 Å². The Morgan fingerprint density at radius 1 is 1.38 bits per heavy atom. The van der Waals surface area contributed by atoms with E-state index in [2.05, 4.69) is 0 Å². The lowest BCUT2D eigenvalue weighted by Crippen LogP contribution is -2.28. The lowest BCUT2D eigenvalue weighted by molar-refractivity contribution is 0.320. The monoisotopic (exact) mass is 221 g/mol. The first-order valence-corrected chi connectivity index (χ1v) is 6.16. The molecule has 0 heterocycles. The highest BCUT2D eigenvalue weighted by atomic mass is 19.1. The maximum Gasteiger partial charge on any atom is 0.123 e. The molecule has 16 heavy (non-hydrogen) atoms. The summed E-state index contributed by atoms with van der Waals surface area (Å²) in [7, 11) is 0. The van der Waals surface area contributed by atoms with Crippen molar-refractivity contribution >= 4 is 0 Å². The first-order valence-electron chi connectivity index (χ1n) is 6.16. The van der Waals surface area contributed by atoms with E-state index in [9.17, 15) is 4.39 Å². The molecule has 1 aromatic rings. The van der Waals surface area contributed by atoms with Crippen molar-refractivity contribution in [1.82, 2.24) is 0 Å². The highest BCUT2D eigenvalue weighted by molar-refractivity contribution is 5.27. The van der Waals surface area contributed by atoms with Crippen LogP contribution >= 0.6 is 0 Å². The second kappa shape index (κ2) is 4.96. The van der Waals surface area contributed by atoms with Crippen LogP contribution < -0.4 is 5.73 Å². The summed E-state index contributed by atoms with van der Waals surface area (Å²) in [6.45, 7) is 1.99. The Kier molecular flexibility index (Phi) is 3.59. The third-order valence-corrected chi connectivity index (χ3v) is 3.64. The van der Waals surface area contributed by atoms with Crippen LogP contribution in [0.5, 0.6) is 0 Å². The highest BCUT2D eigenvalue weighted by Gasteiger charge is 2.19. The van der Waals surface area contributed by atoms with Crippen LogP contribution in [-0.4, -0.2) is 6.04 Å². The molecule has 1 nitrogen and oxygen atoms in total. The molecule has 2 unspecified atom stereocenters. The predicted octanol–water partition coefficient (Wildman–Crippen LogP) is 3.19. The molecule has 0 bridgehead atoms. The van der Waals surface area contributed by atoms with Gasteiger partial charge < -0.3 is 5.73 Å². The fourth-order valence-corrected chi connectivity index (χ4v) is 2.72. The third kappa shape index (κ3) is 2.82. The van der Waals surface area contributed by atoms with Gasteiger partial charge in [0, 0.05) is 6.04 Å². The largest absolute Gasteiger partial charge is 0.328 e. The number of nitrogens with two attached hydrogens (primary N) is 1. The van der Waals surface area contributed by atoms with Gasteiger partial charge in [0.05, 0.1) is 0 Å². The van der Waals surface area contributed by atoms with Gasteiger partial charge in [0.1, 0.15) is 5.82 Å². The van der Waals surface area contributed by atoms with Gasteiger partial charge in [-0.3, -0.25) is 0 Å². The van der Waals surface area contributed by atoms with Crippen LogP contribution in [-0.2, 0) is 6.42 Å². The average Bonchev–Trinajstić information content (AvgIpc) is 2.22. The summed E-state index contributed by atoms with van der Waals surface area (Å²) in [5.74, 6) is 0.550. The van der Waals surface area contributed by atoms with E-state index in [-0.39, 0.29) is 5.82 Å². The summed E-state index contributed by atoms with van der Waals surface area (Å²) in [6, 6.07) is 5.48. The first-order chi connectivity index (χ1) is 7.65. The molecule has 1 saturated carbocycles. The van der Waals surface area contributed by atoms with Crippen molar-refractivity contribution in [2.75, 3.05) is 0 Å². The lowest BCUT2D eigenvalue weighted by atomic mass is 9.82. The summed E-state index contributed by atoms with van der Waals surface area (Å²) < 4.78 is 13.0. The molecule has 2 N–H and O–H groups in total. The summed E-state index contributed by atoms with van der Waals surface area (Å²) in [5.41, 5.74) is 8.33. The van der Waals surface area contributed by atoms with Gasteiger partial charge in [-0.25, -0.2) is 4.39 Å². The number of aryl methyl sites for hydroxylation is 1. The van der Waals surface area contributed by atoms with Gasteiger partial charge in [-0.15, -0.1) is 0 Å². The standard InChI is InChI=1S/C14H20FN/c1-10-7-13(15)6-5-12(10)8-11-3-2-4-14(16)9-11/h5-7,11,14H,2-4,8-9,16H2,1H3. The molecule has 0 aliphatic heterocycles. The zero-order valence-electron chi connectivity index (χ0n) is 9.88. The van der Waals surface area contributed by atoms with Crippen LogP contribution in [0.1, 0.15) is 36.8 Å². The van der Waals surface area contributed by atoms with E-state index in [0.717, 1.165) is 18.4 Å². The Balaban J connectivity index is 2.02. The molecular weight excluding hydrogens is 201 g/mol. The molecule has 1 aromatic carbocycles. The summed E-state index contributed by atoms with van der Waals surface area (Å²) in [4.78, 5) is 0. The van der Waals surface area contributed by atoms with Crippen LogP contribution in [0.3, 0.4) is 0 Å². The van der Waals surface area contributed by atoms with Gasteiger partial charge in [0.25, 0.3) is 0 Å². The molecular formula is C14H20FN. The van der Waals surface area contributed by atoms with Crippen molar-refractivity contribution < 1.29 is 4.39 Å². The second-order valence-electron chi connectivity index (χ2n) is 5.07. The highest BCUT2D eigenvalue weighted by Crippen LogP contribution is 2.27. The van der Waals surface area contributed by atoms with Crippen molar-refractivity contribution in [3.63, 3.8) is 0 Å². The zero-order chi connectivity index (χ0) is 11.5. The lowest BCUT2D eigenvalue weighted by Gasteiger charge is -2.27. The SMILES string of the molecule is Cc1cc(F)ccc1CC1CCCC(N)C1. The van der Waals surface area contributed by atoms with Gasteiger partial charge in [0.15, 0.2) is 0 Å². The van der Waals surface area contributed by atoms with Crippen molar-refractivity contribution in [2.45, 2.75) is 45.1 Å². The number of hydrogen-bond donors (Lipinski definition) is 1. The van der Waals surface area contributed by atoms with Gasteiger partial charge in [0.2, 0.25) is 0 Å². The minimum Gasteiger partial charge on any atom is -0.328 e. The van der Waals surface area contributed by atoms with Crippen molar-refractivity contribution in [1.29, 1.82) is 0 Å². The Morgan fingerprint density at radius 2 is 2.19 bits per heavy atom. The van der Waals surface area contributed by atoms with E-state index in [0.29, 0.717) is 12.0 Å². The smallest absolute Gasteiger partial charge is 0.123 e. The Hall–Kier alpha value is -0.890. The van der Waals surface area contributed by atoms with E-state index in [4.69, 9.17) is 5.73 Å². The first kappa shape index (κ1) is 11.6. The summed E-state index contributed by atoms with van der Waals surface area (Å²) >= 11 is 0. The molecule has 1 aliphatic rings. The fourth-order valence-electron chi connectivity index (χ4n) is 2.72. The van der Waals surface area contributed by atoms with Crippen molar-refractivity contribution in [3.8, 4) is 0 Å². The molecule has 1 aliphatic carbocycles. The molecule has 0 spiro atoms.